The molecule has 9 heteroatoms. The maximum Gasteiger partial charge on any atom is 0.332 e. The normalized spacial score (nSPS) is 10.8. The molecule has 0 aromatic carbocycles. The summed E-state index contributed by atoms with van der Waals surface area (Å²) < 4.78 is 2.20. The Kier molecular flexibility index (Phi) is 4.82. The zero-order chi connectivity index (χ0) is 18.0. The molecule has 0 bridgehead atoms. The summed E-state index contributed by atoms with van der Waals surface area (Å²) in [6.45, 7) is 1.86. The Labute approximate surface area is 136 Å². The molecule has 0 aliphatic heterocycles. The number of carboxylic acids is 1. The van der Waals surface area contributed by atoms with E-state index in [-0.39, 0.29) is 29.7 Å². The topological polar surface area (TPSA) is 123 Å². The first-order chi connectivity index (χ1) is 11.2. The van der Waals surface area contributed by atoms with Crippen molar-refractivity contribution in [3.8, 4) is 0 Å². The van der Waals surface area contributed by atoms with Crippen molar-refractivity contribution in [1.29, 1.82) is 0 Å². The van der Waals surface area contributed by atoms with Crippen LogP contribution < -0.4 is 16.6 Å². The molecule has 0 fully saturated rings. The van der Waals surface area contributed by atoms with Crippen LogP contribution in [0.1, 0.15) is 28.9 Å². The van der Waals surface area contributed by atoms with Crippen LogP contribution in [0.25, 0.3) is 11.0 Å². The second kappa shape index (κ2) is 6.65. The molecule has 2 heterocycles. The number of carbonyl (C=O) groups excluding carboxylic acids is 1. The number of aliphatic carboxylic acids is 1. The van der Waals surface area contributed by atoms with Gasteiger partial charge >= 0.3 is 11.7 Å². The minimum absolute atomic E-state index is 0.0466. The van der Waals surface area contributed by atoms with E-state index in [0.717, 1.165) is 4.57 Å². The van der Waals surface area contributed by atoms with Crippen LogP contribution in [0.4, 0.5) is 0 Å². The van der Waals surface area contributed by atoms with Gasteiger partial charge in [0.05, 0.1) is 5.39 Å². The zero-order valence-electron chi connectivity index (χ0n) is 13.6. The summed E-state index contributed by atoms with van der Waals surface area (Å²) in [7, 11) is 2.86. The molecule has 0 aliphatic rings. The number of aryl methyl sites for hydroxylation is 2. The number of carboxylic acid groups (broad SMARTS) is 1. The lowest BCUT2D eigenvalue weighted by Gasteiger charge is -2.11. The average Bonchev–Trinajstić information content (AvgIpc) is 2.53. The quantitative estimate of drug-likeness (QED) is 0.713. The third kappa shape index (κ3) is 3.19. The van der Waals surface area contributed by atoms with Gasteiger partial charge in [-0.1, -0.05) is 0 Å². The van der Waals surface area contributed by atoms with Gasteiger partial charge in [-0.2, -0.15) is 0 Å². The number of hydrogen-bond acceptors (Lipinski definition) is 5. The molecule has 0 atom stereocenters. The molecule has 2 rings (SSSR count). The number of amides is 1. The largest absolute Gasteiger partial charge is 0.481 e. The number of rotatable bonds is 5. The van der Waals surface area contributed by atoms with Crippen molar-refractivity contribution < 1.29 is 14.7 Å². The fourth-order valence-electron chi connectivity index (χ4n) is 2.38. The Balaban J connectivity index is 2.40. The van der Waals surface area contributed by atoms with Crippen molar-refractivity contribution in [1.82, 2.24) is 19.4 Å². The maximum absolute atomic E-state index is 12.2. The smallest absolute Gasteiger partial charge is 0.332 e. The number of aromatic nitrogens is 3. The van der Waals surface area contributed by atoms with Crippen molar-refractivity contribution in [2.75, 3.05) is 6.54 Å². The molecule has 9 nitrogen and oxygen atoms in total. The first-order valence-electron chi connectivity index (χ1n) is 7.31. The lowest BCUT2D eigenvalue weighted by atomic mass is 10.1. The summed E-state index contributed by atoms with van der Waals surface area (Å²) in [6, 6.07) is 1.47. The van der Waals surface area contributed by atoms with Crippen LogP contribution in [-0.2, 0) is 18.9 Å². The minimum Gasteiger partial charge on any atom is -0.481 e. The third-order valence-corrected chi connectivity index (χ3v) is 3.69. The highest BCUT2D eigenvalue weighted by atomic mass is 16.4. The zero-order valence-corrected chi connectivity index (χ0v) is 13.6. The number of carbonyl (C=O) groups is 2. The first kappa shape index (κ1) is 17.4. The number of pyridine rings is 1. The number of fused-ring (bicyclic) bond motifs is 1. The highest BCUT2D eigenvalue weighted by Gasteiger charge is 2.16. The molecular formula is C15H18N4O5. The lowest BCUT2D eigenvalue weighted by Crippen LogP contribution is -2.38. The van der Waals surface area contributed by atoms with Gasteiger partial charge in [0.15, 0.2) is 0 Å². The Bertz CT molecular complexity index is 942. The van der Waals surface area contributed by atoms with Crippen LogP contribution in [0.3, 0.4) is 0 Å². The molecule has 0 radical (unpaired) electrons. The molecule has 0 saturated carbocycles. The van der Waals surface area contributed by atoms with Crippen LogP contribution in [-0.4, -0.2) is 37.6 Å². The van der Waals surface area contributed by atoms with Gasteiger partial charge in [0.1, 0.15) is 11.3 Å². The van der Waals surface area contributed by atoms with E-state index in [9.17, 15) is 19.2 Å². The molecule has 0 spiro atoms. The summed E-state index contributed by atoms with van der Waals surface area (Å²) in [6.07, 6.45) is 0.252. The minimum atomic E-state index is -0.935. The second-order valence-corrected chi connectivity index (χ2v) is 5.48. The van der Waals surface area contributed by atoms with Crippen molar-refractivity contribution in [2.24, 2.45) is 14.1 Å². The lowest BCUT2D eigenvalue weighted by molar-refractivity contribution is -0.137. The molecule has 2 aromatic heterocycles. The van der Waals surface area contributed by atoms with Gasteiger partial charge in [0.25, 0.3) is 11.5 Å². The molecule has 128 valence electrons. The molecule has 24 heavy (non-hydrogen) atoms. The van der Waals surface area contributed by atoms with E-state index in [2.05, 4.69) is 10.3 Å². The van der Waals surface area contributed by atoms with Crippen LogP contribution in [0, 0.1) is 6.92 Å². The fourth-order valence-corrected chi connectivity index (χ4v) is 2.38. The van der Waals surface area contributed by atoms with E-state index in [1.54, 1.807) is 6.92 Å². The van der Waals surface area contributed by atoms with Gasteiger partial charge in [0.2, 0.25) is 0 Å². The SMILES string of the molecule is Cc1cc(C(=O)NCCCC(=O)O)nc2c1c(=O)n(C)c(=O)n2C. The average molecular weight is 334 g/mol. The Morgan fingerprint density at radius 2 is 1.92 bits per heavy atom. The monoisotopic (exact) mass is 334 g/mol. The molecular weight excluding hydrogens is 316 g/mol. The molecule has 1 amide bonds. The summed E-state index contributed by atoms with van der Waals surface area (Å²) >= 11 is 0. The summed E-state index contributed by atoms with van der Waals surface area (Å²) in [4.78, 5) is 51.0. The van der Waals surface area contributed by atoms with Gasteiger partial charge in [-0.25, -0.2) is 9.78 Å². The van der Waals surface area contributed by atoms with Crippen LogP contribution in [0.2, 0.25) is 0 Å². The predicted molar refractivity (Wildman–Crippen MR) is 86.2 cm³/mol. The van der Waals surface area contributed by atoms with E-state index < -0.39 is 23.1 Å². The van der Waals surface area contributed by atoms with Gasteiger partial charge in [0, 0.05) is 27.1 Å². The van der Waals surface area contributed by atoms with E-state index >= 15 is 0 Å². The van der Waals surface area contributed by atoms with E-state index in [4.69, 9.17) is 5.11 Å². The summed E-state index contributed by atoms with van der Waals surface area (Å²) in [5, 5.41) is 11.4. The van der Waals surface area contributed by atoms with Crippen molar-refractivity contribution in [2.45, 2.75) is 19.8 Å². The van der Waals surface area contributed by atoms with E-state index in [0.29, 0.717) is 12.0 Å². The Morgan fingerprint density at radius 3 is 2.54 bits per heavy atom. The van der Waals surface area contributed by atoms with Crippen LogP contribution in [0.5, 0.6) is 0 Å². The molecule has 2 N–H and O–H groups in total. The summed E-state index contributed by atoms with van der Waals surface area (Å²) in [5.74, 6) is -1.42. The second-order valence-electron chi connectivity index (χ2n) is 5.48. The highest BCUT2D eigenvalue weighted by Crippen LogP contribution is 2.12. The Morgan fingerprint density at radius 1 is 1.25 bits per heavy atom. The van der Waals surface area contributed by atoms with Gasteiger partial charge < -0.3 is 10.4 Å². The first-order valence-corrected chi connectivity index (χ1v) is 7.31. The van der Waals surface area contributed by atoms with Gasteiger partial charge in [-0.05, 0) is 25.0 Å². The molecule has 0 saturated heterocycles. The standard InChI is InChI=1S/C15H18N4O5/c1-8-7-9(13(22)16-6-4-5-10(20)21)17-12-11(8)14(23)19(3)15(24)18(12)2/h7H,4-6H2,1-3H3,(H,16,22)(H,20,21). The van der Waals surface area contributed by atoms with Crippen molar-refractivity contribution >= 4 is 22.9 Å². The molecule has 0 unspecified atom stereocenters. The number of nitrogens with zero attached hydrogens (tertiary/aromatic N) is 3. The number of nitrogens with one attached hydrogen (secondary N) is 1. The van der Waals surface area contributed by atoms with Crippen LogP contribution in [0.15, 0.2) is 15.7 Å². The number of hydrogen-bond donors (Lipinski definition) is 2. The van der Waals surface area contributed by atoms with Gasteiger partial charge in [-0.15, -0.1) is 0 Å². The predicted octanol–water partition coefficient (Wildman–Crippen LogP) is -0.465. The summed E-state index contributed by atoms with van der Waals surface area (Å²) in [5.41, 5.74) is -0.255. The molecule has 0 aliphatic carbocycles. The highest BCUT2D eigenvalue weighted by molar-refractivity contribution is 5.95. The van der Waals surface area contributed by atoms with Crippen LogP contribution >= 0.6 is 0 Å². The van der Waals surface area contributed by atoms with Crippen molar-refractivity contribution in [3.63, 3.8) is 0 Å². The van der Waals surface area contributed by atoms with Crippen molar-refractivity contribution in [3.05, 3.63) is 38.2 Å². The van der Waals surface area contributed by atoms with E-state index in [1.807, 2.05) is 0 Å². The fraction of sp³-hybridized carbons (Fsp3) is 0.400. The maximum atomic E-state index is 12.2. The van der Waals surface area contributed by atoms with Gasteiger partial charge in [-0.3, -0.25) is 23.5 Å². The van der Waals surface area contributed by atoms with E-state index in [1.165, 1.54) is 24.7 Å². The third-order valence-electron chi connectivity index (χ3n) is 3.69. The Hall–Kier alpha value is -2.97. The molecule has 2 aromatic rings.